The van der Waals surface area contributed by atoms with Gasteiger partial charge in [0.05, 0.1) is 5.57 Å². The molecule has 1 N–H and O–H groups in total. The second-order valence-electron chi connectivity index (χ2n) is 7.58. The molecule has 0 unspecified atom stereocenters. The summed E-state index contributed by atoms with van der Waals surface area (Å²) in [6, 6.07) is 18.4. The van der Waals surface area contributed by atoms with Crippen LogP contribution in [0.4, 0.5) is 5.69 Å². The highest BCUT2D eigenvalue weighted by molar-refractivity contribution is 6.28. The molecule has 0 atom stereocenters. The summed E-state index contributed by atoms with van der Waals surface area (Å²) in [6.45, 7) is -0.454. The second kappa shape index (κ2) is 8.20. The number of ketones is 2. The van der Waals surface area contributed by atoms with E-state index < -0.39 is 18.5 Å². The minimum Gasteiger partial charge on any atom is -0.488 e. The van der Waals surface area contributed by atoms with E-state index >= 15 is 0 Å². The molecule has 0 spiro atoms. The zero-order valence-electron chi connectivity index (χ0n) is 17.3. The van der Waals surface area contributed by atoms with Crippen molar-refractivity contribution < 1.29 is 28.7 Å². The van der Waals surface area contributed by atoms with Crippen molar-refractivity contribution >= 4 is 35.2 Å². The summed E-state index contributed by atoms with van der Waals surface area (Å²) < 4.78 is 10.6. The predicted molar refractivity (Wildman–Crippen MR) is 119 cm³/mol. The van der Waals surface area contributed by atoms with Gasteiger partial charge in [-0.15, -0.1) is 0 Å². The summed E-state index contributed by atoms with van der Waals surface area (Å²) in [4.78, 5) is 50.1. The molecule has 1 aliphatic heterocycles. The molecule has 162 valence electrons. The van der Waals surface area contributed by atoms with E-state index in [0.717, 1.165) is 5.56 Å². The first-order chi connectivity index (χ1) is 16.0. The maximum atomic E-state index is 12.8. The molecule has 1 heterocycles. The van der Waals surface area contributed by atoms with Gasteiger partial charge in [0.25, 0.3) is 5.91 Å². The molecule has 5 rings (SSSR count). The van der Waals surface area contributed by atoms with E-state index in [2.05, 4.69) is 5.32 Å². The third kappa shape index (κ3) is 3.80. The number of hydrogen-bond acceptors (Lipinski definition) is 6. The standard InChI is InChI=1S/C26H17NO6/c28-23(14-33-26(31)16-11-15-5-1-4-8-22(15)32-13-16)27-17-9-10-20-21(12-17)25(30)19-7-3-2-6-18(19)24(20)29/h1-12H,13-14H2,(H,27,28). The van der Waals surface area contributed by atoms with Crippen molar-refractivity contribution in [2.75, 3.05) is 18.5 Å². The minimum absolute atomic E-state index is 0.0555. The highest BCUT2D eigenvalue weighted by atomic mass is 16.5. The number of carbonyl (C=O) groups excluding carboxylic acids is 4. The molecule has 3 aromatic carbocycles. The monoisotopic (exact) mass is 439 g/mol. The fourth-order valence-electron chi connectivity index (χ4n) is 3.83. The van der Waals surface area contributed by atoms with Gasteiger partial charge in [-0.1, -0.05) is 42.5 Å². The number of rotatable bonds is 4. The van der Waals surface area contributed by atoms with Crippen LogP contribution in [0.3, 0.4) is 0 Å². The first kappa shape index (κ1) is 20.4. The predicted octanol–water partition coefficient (Wildman–Crippen LogP) is 3.42. The average Bonchev–Trinajstić information content (AvgIpc) is 2.85. The Morgan fingerprint density at radius 3 is 2.30 bits per heavy atom. The van der Waals surface area contributed by atoms with Crippen molar-refractivity contribution in [3.63, 3.8) is 0 Å². The molecule has 2 aliphatic rings. The highest BCUT2D eigenvalue weighted by Crippen LogP contribution is 2.29. The van der Waals surface area contributed by atoms with E-state index in [4.69, 9.17) is 9.47 Å². The Labute approximate surface area is 188 Å². The van der Waals surface area contributed by atoms with Crippen LogP contribution >= 0.6 is 0 Å². The Hall–Kier alpha value is -4.52. The van der Waals surface area contributed by atoms with Gasteiger partial charge in [-0.2, -0.15) is 0 Å². The number of carbonyl (C=O) groups is 4. The fraction of sp³-hybridized carbons (Fsp3) is 0.0769. The topological polar surface area (TPSA) is 98.8 Å². The normalized spacial score (nSPS) is 13.6. The SMILES string of the molecule is O=C(COC(=O)C1=Cc2ccccc2OC1)Nc1ccc2c(c1)C(=O)c1ccccc1C2=O. The Morgan fingerprint density at radius 2 is 1.52 bits per heavy atom. The van der Waals surface area contributed by atoms with Gasteiger partial charge >= 0.3 is 5.97 Å². The number of hydrogen-bond donors (Lipinski definition) is 1. The zero-order valence-corrected chi connectivity index (χ0v) is 17.3. The third-order valence-electron chi connectivity index (χ3n) is 5.44. The van der Waals surface area contributed by atoms with Gasteiger partial charge in [0.1, 0.15) is 12.4 Å². The van der Waals surface area contributed by atoms with E-state index in [1.807, 2.05) is 18.2 Å². The minimum atomic E-state index is -0.650. The van der Waals surface area contributed by atoms with Gasteiger partial charge in [0.15, 0.2) is 18.2 Å². The van der Waals surface area contributed by atoms with Gasteiger partial charge in [0.2, 0.25) is 0 Å². The molecule has 33 heavy (non-hydrogen) atoms. The van der Waals surface area contributed by atoms with Gasteiger partial charge in [-0.3, -0.25) is 14.4 Å². The number of nitrogens with one attached hydrogen (secondary N) is 1. The smallest absolute Gasteiger partial charge is 0.338 e. The first-order valence-electron chi connectivity index (χ1n) is 10.2. The lowest BCUT2D eigenvalue weighted by molar-refractivity contribution is -0.143. The van der Waals surface area contributed by atoms with Crippen molar-refractivity contribution in [1.29, 1.82) is 0 Å². The van der Waals surface area contributed by atoms with Crippen LogP contribution in [0.15, 0.2) is 72.3 Å². The largest absolute Gasteiger partial charge is 0.488 e. The first-order valence-corrected chi connectivity index (χ1v) is 10.2. The van der Waals surface area contributed by atoms with E-state index in [9.17, 15) is 19.2 Å². The van der Waals surface area contributed by atoms with Crippen LogP contribution in [-0.2, 0) is 14.3 Å². The lowest BCUT2D eigenvalue weighted by Gasteiger charge is -2.18. The number of para-hydroxylation sites is 1. The zero-order chi connectivity index (χ0) is 22.9. The molecule has 0 aromatic heterocycles. The summed E-state index contributed by atoms with van der Waals surface area (Å²) in [5.74, 6) is -1.07. The van der Waals surface area contributed by atoms with Crippen LogP contribution in [0.1, 0.15) is 37.4 Å². The van der Waals surface area contributed by atoms with Gasteiger partial charge in [0, 0.05) is 33.5 Å². The highest BCUT2D eigenvalue weighted by Gasteiger charge is 2.29. The average molecular weight is 439 g/mol. The molecular formula is C26H17NO6. The molecule has 0 radical (unpaired) electrons. The molecule has 7 heteroatoms. The molecular weight excluding hydrogens is 422 g/mol. The molecule has 0 fully saturated rings. The van der Waals surface area contributed by atoms with E-state index in [1.54, 1.807) is 36.4 Å². The van der Waals surface area contributed by atoms with Crippen molar-refractivity contribution in [3.8, 4) is 5.75 Å². The number of amides is 1. The van der Waals surface area contributed by atoms with Crippen LogP contribution in [0.2, 0.25) is 0 Å². The Morgan fingerprint density at radius 1 is 0.848 bits per heavy atom. The van der Waals surface area contributed by atoms with Crippen LogP contribution < -0.4 is 10.1 Å². The van der Waals surface area contributed by atoms with Crippen LogP contribution in [-0.4, -0.2) is 36.7 Å². The number of esters is 1. The van der Waals surface area contributed by atoms with Crippen LogP contribution in [0, 0.1) is 0 Å². The summed E-state index contributed by atoms with van der Waals surface area (Å²) in [5.41, 5.74) is 2.58. The quantitative estimate of drug-likeness (QED) is 0.489. The second-order valence-corrected chi connectivity index (χ2v) is 7.58. The Balaban J connectivity index is 1.25. The number of anilines is 1. The maximum absolute atomic E-state index is 12.8. The van der Waals surface area contributed by atoms with Gasteiger partial charge < -0.3 is 14.8 Å². The fourth-order valence-corrected chi connectivity index (χ4v) is 3.83. The molecule has 7 nitrogen and oxygen atoms in total. The summed E-state index contributed by atoms with van der Waals surface area (Å²) in [7, 11) is 0. The third-order valence-corrected chi connectivity index (χ3v) is 5.44. The molecule has 3 aromatic rings. The molecule has 0 saturated heterocycles. The van der Waals surface area contributed by atoms with E-state index in [0.29, 0.717) is 28.1 Å². The molecule has 0 bridgehead atoms. The van der Waals surface area contributed by atoms with Crippen molar-refractivity contribution in [2.45, 2.75) is 0 Å². The summed E-state index contributed by atoms with van der Waals surface area (Å²) in [5, 5.41) is 2.59. The Kier molecular flexibility index (Phi) is 5.06. The molecule has 0 saturated carbocycles. The van der Waals surface area contributed by atoms with E-state index in [1.165, 1.54) is 18.2 Å². The maximum Gasteiger partial charge on any atom is 0.338 e. The van der Waals surface area contributed by atoms with Crippen molar-refractivity contribution in [2.24, 2.45) is 0 Å². The lowest BCUT2D eigenvalue weighted by Crippen LogP contribution is -2.24. The number of ether oxygens (including phenoxy) is 2. The number of fused-ring (bicyclic) bond motifs is 3. The van der Waals surface area contributed by atoms with Gasteiger partial charge in [-0.05, 0) is 30.3 Å². The molecule has 1 amide bonds. The molecule has 1 aliphatic carbocycles. The van der Waals surface area contributed by atoms with Crippen LogP contribution in [0.5, 0.6) is 5.75 Å². The van der Waals surface area contributed by atoms with Crippen molar-refractivity contribution in [3.05, 3.63) is 100 Å². The van der Waals surface area contributed by atoms with Crippen LogP contribution in [0.25, 0.3) is 6.08 Å². The summed E-state index contributed by atoms with van der Waals surface area (Å²) in [6.07, 6.45) is 1.67. The Bertz CT molecular complexity index is 1370. The van der Waals surface area contributed by atoms with Crippen molar-refractivity contribution in [1.82, 2.24) is 0 Å². The summed E-state index contributed by atoms with van der Waals surface area (Å²) >= 11 is 0. The lowest BCUT2D eigenvalue weighted by atomic mass is 9.84. The number of benzene rings is 3. The van der Waals surface area contributed by atoms with E-state index in [-0.39, 0.29) is 29.3 Å². The van der Waals surface area contributed by atoms with Gasteiger partial charge in [-0.25, -0.2) is 4.79 Å².